The second kappa shape index (κ2) is 3.18. The first-order chi connectivity index (χ1) is 4.88. The molecular weight excluding hydrogens is 124 g/mol. The van der Waals surface area contributed by atoms with E-state index in [-0.39, 0.29) is 0 Å². The first kappa shape index (κ1) is 7.03. The summed E-state index contributed by atoms with van der Waals surface area (Å²) in [5.41, 5.74) is 1.57. The third-order valence-corrected chi connectivity index (χ3v) is 1.30. The molecule has 0 amide bonds. The Labute approximate surface area is 60.6 Å². The van der Waals surface area contributed by atoms with Gasteiger partial charge in [0.05, 0.1) is 0 Å². The molecule has 0 saturated heterocycles. The van der Waals surface area contributed by atoms with E-state index in [1.807, 2.05) is 18.2 Å². The van der Waals surface area contributed by atoms with Gasteiger partial charge in [0.15, 0.2) is 6.61 Å². The molecule has 0 heterocycles. The van der Waals surface area contributed by atoms with Gasteiger partial charge in [-0.1, -0.05) is 36.9 Å². The lowest BCUT2D eigenvalue weighted by molar-refractivity contribution is 0.414. The van der Waals surface area contributed by atoms with Gasteiger partial charge in [-0.3, -0.25) is 0 Å². The molecule has 0 saturated carbocycles. The highest BCUT2D eigenvalue weighted by Gasteiger charge is 1.94. The highest BCUT2D eigenvalue weighted by atomic mass is 16.3. The Balaban J connectivity index is 3.08. The maximum atomic E-state index is 8.55. The third-order valence-electron chi connectivity index (χ3n) is 1.30. The minimum absolute atomic E-state index is 0.678. The van der Waals surface area contributed by atoms with Gasteiger partial charge in [0, 0.05) is 0 Å². The van der Waals surface area contributed by atoms with Gasteiger partial charge in [0.25, 0.3) is 0 Å². The van der Waals surface area contributed by atoms with Crippen LogP contribution < -0.4 is 0 Å². The van der Waals surface area contributed by atoms with Crippen LogP contribution in [0, 0.1) is 6.61 Å². The molecule has 1 rings (SSSR count). The van der Waals surface area contributed by atoms with E-state index in [2.05, 4.69) is 13.2 Å². The van der Waals surface area contributed by atoms with Crippen molar-refractivity contribution >= 4 is 6.08 Å². The van der Waals surface area contributed by atoms with Crippen LogP contribution in [0.1, 0.15) is 11.1 Å². The molecule has 1 nitrogen and oxygen atoms in total. The summed E-state index contributed by atoms with van der Waals surface area (Å²) in [5, 5.41) is 8.55. The largest absolute Gasteiger partial charge is 0.378 e. The van der Waals surface area contributed by atoms with E-state index in [1.165, 1.54) is 0 Å². The minimum Gasteiger partial charge on any atom is -0.378 e. The fourth-order valence-electron chi connectivity index (χ4n) is 0.777. The summed E-state index contributed by atoms with van der Waals surface area (Å²) in [5.74, 6) is 0. The Hall–Kier alpha value is -1.08. The second-order valence-corrected chi connectivity index (χ2v) is 1.90. The highest BCUT2D eigenvalue weighted by molar-refractivity contribution is 5.53. The number of hydrogen-bond acceptors (Lipinski definition) is 1. The minimum atomic E-state index is 0.678. The lowest BCUT2D eigenvalue weighted by Crippen LogP contribution is -1.83. The zero-order valence-electron chi connectivity index (χ0n) is 5.54. The van der Waals surface area contributed by atoms with Gasteiger partial charge < -0.3 is 5.11 Å². The van der Waals surface area contributed by atoms with Gasteiger partial charge in [0.2, 0.25) is 0 Å². The van der Waals surface area contributed by atoms with E-state index in [9.17, 15) is 0 Å². The molecule has 1 aromatic carbocycles. The van der Waals surface area contributed by atoms with Gasteiger partial charge in [-0.25, -0.2) is 0 Å². The lowest BCUT2D eigenvalue weighted by Gasteiger charge is -1.97. The van der Waals surface area contributed by atoms with Crippen LogP contribution in [0.15, 0.2) is 30.8 Å². The van der Waals surface area contributed by atoms with Crippen LogP contribution in [0.5, 0.6) is 0 Å². The third kappa shape index (κ3) is 1.25. The normalized spacial score (nSPS) is 9.30. The molecule has 1 aromatic rings. The van der Waals surface area contributed by atoms with Crippen molar-refractivity contribution in [3.63, 3.8) is 0 Å². The lowest BCUT2D eigenvalue weighted by atomic mass is 10.1. The van der Waals surface area contributed by atoms with Crippen LogP contribution in [-0.2, 0) is 0 Å². The molecule has 0 aliphatic carbocycles. The Bertz CT molecular complexity index is 228. The Morgan fingerprint density at radius 2 is 2.10 bits per heavy atom. The van der Waals surface area contributed by atoms with Gasteiger partial charge in [-0.15, -0.1) is 0 Å². The monoisotopic (exact) mass is 132 g/mol. The molecule has 2 radical (unpaired) electrons. The van der Waals surface area contributed by atoms with Crippen molar-refractivity contribution in [1.29, 1.82) is 0 Å². The Morgan fingerprint density at radius 1 is 1.40 bits per heavy atom. The molecule has 0 bridgehead atoms. The summed E-state index contributed by atoms with van der Waals surface area (Å²) in [6.45, 7) is 5.66. The number of benzene rings is 1. The standard InChI is InChI=1S/C9H8O/c1-2-8-5-3-4-6-9(8)7-10/h2-6,10H,1H2. The van der Waals surface area contributed by atoms with E-state index in [4.69, 9.17) is 5.11 Å². The quantitative estimate of drug-likeness (QED) is 0.653. The number of hydrogen-bond donors (Lipinski definition) is 1. The fourth-order valence-corrected chi connectivity index (χ4v) is 0.777. The molecule has 10 heavy (non-hydrogen) atoms. The summed E-state index contributed by atoms with van der Waals surface area (Å²) in [6.07, 6.45) is 1.68. The van der Waals surface area contributed by atoms with E-state index in [0.29, 0.717) is 5.56 Å². The first-order valence-corrected chi connectivity index (χ1v) is 3.00. The predicted octanol–water partition coefficient (Wildman–Crippen LogP) is 2.09. The summed E-state index contributed by atoms with van der Waals surface area (Å²) in [7, 11) is 0. The molecular formula is C9H8O. The molecule has 1 N–H and O–H groups in total. The van der Waals surface area contributed by atoms with Crippen LogP contribution in [-0.4, -0.2) is 5.11 Å². The van der Waals surface area contributed by atoms with Crippen LogP contribution >= 0.6 is 0 Å². The van der Waals surface area contributed by atoms with Crippen molar-refractivity contribution in [2.45, 2.75) is 0 Å². The smallest absolute Gasteiger partial charge is 0.162 e. The van der Waals surface area contributed by atoms with Crippen molar-refractivity contribution in [2.75, 3.05) is 0 Å². The summed E-state index contributed by atoms with van der Waals surface area (Å²) >= 11 is 0. The molecule has 0 atom stereocenters. The summed E-state index contributed by atoms with van der Waals surface area (Å²) in [6, 6.07) is 7.37. The number of aliphatic hydroxyl groups is 1. The zero-order chi connectivity index (χ0) is 7.40. The van der Waals surface area contributed by atoms with Gasteiger partial charge in [0.1, 0.15) is 0 Å². The van der Waals surface area contributed by atoms with Crippen molar-refractivity contribution < 1.29 is 5.11 Å². The van der Waals surface area contributed by atoms with E-state index in [1.54, 1.807) is 12.1 Å². The highest BCUT2D eigenvalue weighted by Crippen LogP contribution is 2.09. The van der Waals surface area contributed by atoms with Crippen LogP contribution in [0.25, 0.3) is 6.08 Å². The zero-order valence-corrected chi connectivity index (χ0v) is 5.54. The fraction of sp³-hybridized carbons (Fsp3) is 0. The topological polar surface area (TPSA) is 20.2 Å². The maximum Gasteiger partial charge on any atom is 0.162 e. The van der Waals surface area contributed by atoms with E-state index in [0.717, 1.165) is 5.56 Å². The van der Waals surface area contributed by atoms with E-state index >= 15 is 0 Å². The predicted molar refractivity (Wildman–Crippen MR) is 40.8 cm³/mol. The Morgan fingerprint density at radius 3 is 2.60 bits per heavy atom. The van der Waals surface area contributed by atoms with Gasteiger partial charge in [-0.05, 0) is 11.1 Å². The van der Waals surface area contributed by atoms with Gasteiger partial charge >= 0.3 is 0 Å². The van der Waals surface area contributed by atoms with Crippen molar-refractivity contribution in [2.24, 2.45) is 0 Å². The molecule has 50 valence electrons. The number of rotatable bonds is 2. The molecule has 0 aromatic heterocycles. The first-order valence-electron chi connectivity index (χ1n) is 3.00. The Kier molecular flexibility index (Phi) is 2.24. The number of aliphatic hydroxyl groups excluding tert-OH is 1. The molecule has 1 heteroatoms. The summed E-state index contributed by atoms with van der Waals surface area (Å²) < 4.78 is 0. The van der Waals surface area contributed by atoms with E-state index < -0.39 is 0 Å². The average Bonchev–Trinajstić information content (AvgIpc) is 2.04. The van der Waals surface area contributed by atoms with Crippen molar-refractivity contribution in [3.8, 4) is 0 Å². The van der Waals surface area contributed by atoms with Gasteiger partial charge in [-0.2, -0.15) is 0 Å². The average molecular weight is 132 g/mol. The molecule has 0 fully saturated rings. The second-order valence-electron chi connectivity index (χ2n) is 1.90. The molecule has 0 aliphatic rings. The molecule has 0 spiro atoms. The SMILES string of the molecule is C=Cc1ccccc1[C]O. The van der Waals surface area contributed by atoms with Crippen molar-refractivity contribution in [1.82, 2.24) is 0 Å². The molecule has 0 aliphatic heterocycles. The van der Waals surface area contributed by atoms with Crippen LogP contribution in [0.3, 0.4) is 0 Å². The van der Waals surface area contributed by atoms with Crippen LogP contribution in [0.2, 0.25) is 0 Å². The maximum absolute atomic E-state index is 8.55. The van der Waals surface area contributed by atoms with Crippen LogP contribution in [0.4, 0.5) is 0 Å². The summed E-state index contributed by atoms with van der Waals surface area (Å²) in [4.78, 5) is 0. The van der Waals surface area contributed by atoms with Crippen molar-refractivity contribution in [3.05, 3.63) is 48.6 Å². The molecule has 0 unspecified atom stereocenters.